The molecule has 3 nitrogen and oxygen atoms in total. The smallest absolute Gasteiger partial charge is 0.0507 e. The lowest BCUT2D eigenvalue weighted by molar-refractivity contribution is 0.185. The van der Waals surface area contributed by atoms with Gasteiger partial charge in [0.15, 0.2) is 0 Å². The average molecular weight is 313 g/mol. The predicted molar refractivity (Wildman–Crippen MR) is 77.3 cm³/mol. The molecule has 0 amide bonds. The molecule has 3 N–H and O–H groups in total. The molecule has 100 valence electrons. The van der Waals surface area contributed by atoms with E-state index in [4.69, 9.17) is 5.73 Å². The van der Waals surface area contributed by atoms with Crippen LogP contribution in [0.4, 0.5) is 0 Å². The molecule has 3 atom stereocenters. The van der Waals surface area contributed by atoms with Gasteiger partial charge < -0.3 is 10.8 Å². The van der Waals surface area contributed by atoms with Crippen molar-refractivity contribution in [1.29, 1.82) is 0 Å². The number of nitrogens with two attached hydrogens (primary N) is 1. The quantitative estimate of drug-likeness (QED) is 0.895. The first-order chi connectivity index (χ1) is 8.63. The molecular weight excluding hydrogens is 292 g/mol. The van der Waals surface area contributed by atoms with Gasteiger partial charge in [-0.25, -0.2) is 0 Å². The minimum absolute atomic E-state index is 0.0705. The van der Waals surface area contributed by atoms with E-state index in [1.54, 1.807) is 0 Å². The third-order valence-corrected chi connectivity index (χ3v) is 4.41. The molecule has 18 heavy (non-hydrogen) atoms. The molecule has 0 spiro atoms. The van der Waals surface area contributed by atoms with Crippen molar-refractivity contribution in [3.05, 3.63) is 34.3 Å². The van der Waals surface area contributed by atoms with E-state index in [-0.39, 0.29) is 18.7 Å². The lowest BCUT2D eigenvalue weighted by atomic mass is 9.99. The Labute approximate surface area is 117 Å². The summed E-state index contributed by atoms with van der Waals surface area (Å²) in [4.78, 5) is 2.39. The molecule has 1 aliphatic heterocycles. The summed E-state index contributed by atoms with van der Waals surface area (Å²) in [5.41, 5.74) is 7.42. The Hall–Kier alpha value is -0.420. The summed E-state index contributed by atoms with van der Waals surface area (Å²) in [6, 6.07) is 8.55. The molecule has 1 aromatic rings. The van der Waals surface area contributed by atoms with Gasteiger partial charge in [0.25, 0.3) is 0 Å². The van der Waals surface area contributed by atoms with Gasteiger partial charge in [-0.15, -0.1) is 0 Å². The Balaban J connectivity index is 2.22. The SMILES string of the molecule is CC(N)C(c1ccccc1Br)N1CCC(CO)C1. The highest BCUT2D eigenvalue weighted by molar-refractivity contribution is 9.10. The normalized spacial score (nSPS) is 24.1. The zero-order valence-electron chi connectivity index (χ0n) is 10.7. The van der Waals surface area contributed by atoms with Crippen LogP contribution in [0.1, 0.15) is 24.9 Å². The monoisotopic (exact) mass is 312 g/mol. The first kappa shape index (κ1) is 14.0. The van der Waals surface area contributed by atoms with E-state index < -0.39 is 0 Å². The summed E-state index contributed by atoms with van der Waals surface area (Å²) in [7, 11) is 0. The number of rotatable bonds is 4. The number of hydrogen-bond donors (Lipinski definition) is 2. The molecule has 1 fully saturated rings. The van der Waals surface area contributed by atoms with E-state index in [2.05, 4.69) is 46.0 Å². The Kier molecular flexibility index (Phi) is 4.78. The lowest BCUT2D eigenvalue weighted by Crippen LogP contribution is -2.38. The number of hydrogen-bond acceptors (Lipinski definition) is 3. The summed E-state index contributed by atoms with van der Waals surface area (Å²) in [5.74, 6) is 0.397. The van der Waals surface area contributed by atoms with Crippen LogP contribution in [-0.2, 0) is 0 Å². The molecule has 4 heteroatoms. The molecule has 3 unspecified atom stereocenters. The molecule has 0 radical (unpaired) electrons. The summed E-state index contributed by atoms with van der Waals surface area (Å²) in [6.07, 6.45) is 1.06. The van der Waals surface area contributed by atoms with Crippen LogP contribution in [0, 0.1) is 5.92 Å². The third-order valence-electron chi connectivity index (χ3n) is 3.69. The highest BCUT2D eigenvalue weighted by Crippen LogP contribution is 2.33. The zero-order valence-corrected chi connectivity index (χ0v) is 12.3. The maximum Gasteiger partial charge on any atom is 0.0507 e. The van der Waals surface area contributed by atoms with Crippen molar-refractivity contribution in [2.24, 2.45) is 11.7 Å². The summed E-state index contributed by atoms with van der Waals surface area (Å²) in [5, 5.41) is 9.26. The predicted octanol–water partition coefficient (Wildman–Crippen LogP) is 2.15. The number of nitrogens with zero attached hydrogens (tertiary/aromatic N) is 1. The van der Waals surface area contributed by atoms with Gasteiger partial charge in [-0.2, -0.15) is 0 Å². The second-order valence-corrected chi connectivity index (χ2v) is 6.01. The van der Waals surface area contributed by atoms with Crippen molar-refractivity contribution in [2.45, 2.75) is 25.4 Å². The second kappa shape index (κ2) is 6.15. The molecule has 0 aromatic heterocycles. The van der Waals surface area contributed by atoms with E-state index in [1.165, 1.54) is 5.56 Å². The van der Waals surface area contributed by atoms with Crippen LogP contribution >= 0.6 is 15.9 Å². The Bertz CT molecular complexity index is 397. The van der Waals surface area contributed by atoms with E-state index in [0.717, 1.165) is 24.0 Å². The van der Waals surface area contributed by atoms with Gasteiger partial charge in [0, 0.05) is 23.7 Å². The van der Waals surface area contributed by atoms with Crippen LogP contribution in [0.5, 0.6) is 0 Å². The van der Waals surface area contributed by atoms with Crippen LogP contribution in [0.2, 0.25) is 0 Å². The second-order valence-electron chi connectivity index (χ2n) is 5.16. The van der Waals surface area contributed by atoms with E-state index in [9.17, 15) is 5.11 Å². The largest absolute Gasteiger partial charge is 0.396 e. The number of halogens is 1. The lowest BCUT2D eigenvalue weighted by Gasteiger charge is -2.32. The van der Waals surface area contributed by atoms with Crippen LogP contribution in [-0.4, -0.2) is 35.7 Å². The maximum absolute atomic E-state index is 9.26. The molecule has 2 rings (SSSR count). The maximum atomic E-state index is 9.26. The van der Waals surface area contributed by atoms with Crippen LogP contribution in [0.25, 0.3) is 0 Å². The molecule has 0 aliphatic carbocycles. The van der Waals surface area contributed by atoms with Crippen molar-refractivity contribution in [3.63, 3.8) is 0 Å². The molecule has 1 saturated heterocycles. The topological polar surface area (TPSA) is 49.5 Å². The van der Waals surface area contributed by atoms with Gasteiger partial charge in [-0.3, -0.25) is 4.90 Å². The fraction of sp³-hybridized carbons (Fsp3) is 0.571. The Morgan fingerprint density at radius 2 is 2.22 bits per heavy atom. The summed E-state index contributed by atoms with van der Waals surface area (Å²) < 4.78 is 1.11. The fourth-order valence-corrected chi connectivity index (χ4v) is 3.31. The summed E-state index contributed by atoms with van der Waals surface area (Å²) >= 11 is 3.61. The summed E-state index contributed by atoms with van der Waals surface area (Å²) in [6.45, 7) is 4.28. The third kappa shape index (κ3) is 2.94. The first-order valence-electron chi connectivity index (χ1n) is 6.48. The van der Waals surface area contributed by atoms with E-state index >= 15 is 0 Å². The minimum Gasteiger partial charge on any atom is -0.396 e. The molecule has 1 aliphatic rings. The van der Waals surface area contributed by atoms with Crippen molar-refractivity contribution < 1.29 is 5.11 Å². The molecule has 1 aromatic carbocycles. The van der Waals surface area contributed by atoms with Gasteiger partial charge in [-0.05, 0) is 37.4 Å². The van der Waals surface area contributed by atoms with Crippen molar-refractivity contribution in [2.75, 3.05) is 19.7 Å². The molecule has 0 saturated carbocycles. The minimum atomic E-state index is 0.0705. The van der Waals surface area contributed by atoms with Gasteiger partial charge in [0.05, 0.1) is 6.04 Å². The van der Waals surface area contributed by atoms with Crippen molar-refractivity contribution >= 4 is 15.9 Å². The zero-order chi connectivity index (χ0) is 13.1. The van der Waals surface area contributed by atoms with Gasteiger partial charge in [0.1, 0.15) is 0 Å². The number of benzene rings is 1. The number of aliphatic hydroxyl groups is 1. The van der Waals surface area contributed by atoms with Crippen LogP contribution in [0.15, 0.2) is 28.7 Å². The van der Waals surface area contributed by atoms with Crippen LogP contribution < -0.4 is 5.73 Å². The fourth-order valence-electron chi connectivity index (χ4n) is 2.79. The van der Waals surface area contributed by atoms with E-state index in [0.29, 0.717) is 5.92 Å². The Morgan fingerprint density at radius 3 is 2.78 bits per heavy atom. The van der Waals surface area contributed by atoms with Gasteiger partial charge >= 0.3 is 0 Å². The first-order valence-corrected chi connectivity index (χ1v) is 7.27. The number of likely N-dealkylation sites (tertiary alicyclic amines) is 1. The van der Waals surface area contributed by atoms with Crippen molar-refractivity contribution in [1.82, 2.24) is 4.90 Å². The highest BCUT2D eigenvalue weighted by atomic mass is 79.9. The molecular formula is C14H21BrN2O. The molecule has 0 bridgehead atoms. The Morgan fingerprint density at radius 1 is 1.50 bits per heavy atom. The van der Waals surface area contributed by atoms with Gasteiger partial charge in [0.2, 0.25) is 0 Å². The van der Waals surface area contributed by atoms with E-state index in [1.807, 2.05) is 6.07 Å². The van der Waals surface area contributed by atoms with Crippen LogP contribution in [0.3, 0.4) is 0 Å². The number of aliphatic hydroxyl groups excluding tert-OH is 1. The van der Waals surface area contributed by atoms with Gasteiger partial charge in [-0.1, -0.05) is 34.1 Å². The highest BCUT2D eigenvalue weighted by Gasteiger charge is 2.31. The standard InChI is InChI=1S/C14H21BrN2O/c1-10(16)14(12-4-2-3-5-13(12)15)17-7-6-11(8-17)9-18/h2-5,10-11,14,18H,6-9,16H2,1H3. The van der Waals surface area contributed by atoms with Crippen molar-refractivity contribution in [3.8, 4) is 0 Å². The average Bonchev–Trinajstić information content (AvgIpc) is 2.80. The molecule has 1 heterocycles.